The van der Waals surface area contributed by atoms with Gasteiger partial charge in [0.1, 0.15) is 5.75 Å². The van der Waals surface area contributed by atoms with Gasteiger partial charge in [-0.3, -0.25) is 9.80 Å². The van der Waals surface area contributed by atoms with Crippen molar-refractivity contribution < 1.29 is 29.2 Å². The maximum absolute atomic E-state index is 11.3. The second-order valence-electron chi connectivity index (χ2n) is 12.1. The van der Waals surface area contributed by atoms with E-state index in [0.29, 0.717) is 46.7 Å². The largest absolute Gasteiger partial charge is 0.504 e. The van der Waals surface area contributed by atoms with Crippen LogP contribution in [-0.4, -0.2) is 54.3 Å². The van der Waals surface area contributed by atoms with Gasteiger partial charge in [0, 0.05) is 36.3 Å². The highest BCUT2D eigenvalue weighted by atomic mass is 16.6. The fraction of sp³-hybridized carbons (Fsp3) is 0.314. The molecule has 43 heavy (non-hydrogen) atoms. The van der Waals surface area contributed by atoms with Gasteiger partial charge in [-0.15, -0.1) is 0 Å². The minimum Gasteiger partial charge on any atom is -0.504 e. The van der Waals surface area contributed by atoms with Gasteiger partial charge >= 0.3 is 0 Å². The predicted molar refractivity (Wildman–Crippen MR) is 161 cm³/mol. The molecule has 6 aliphatic heterocycles. The minimum atomic E-state index is -0.0682. The Morgan fingerprint density at radius 3 is 1.98 bits per heavy atom. The third-order valence-electron chi connectivity index (χ3n) is 9.53. The molecule has 220 valence electrons. The first-order chi connectivity index (χ1) is 20.9. The zero-order chi connectivity index (χ0) is 29.4. The maximum Gasteiger partial charge on any atom is 0.212 e. The molecule has 4 aromatic carbocycles. The van der Waals surface area contributed by atoms with Gasteiger partial charge in [-0.2, -0.15) is 0 Å². The van der Waals surface area contributed by atoms with Crippen LogP contribution in [0.15, 0.2) is 54.6 Å². The van der Waals surface area contributed by atoms with Crippen LogP contribution in [0.5, 0.6) is 51.7 Å². The number of ether oxygens (including phenoxy) is 4. The minimum absolute atomic E-state index is 0.0126. The number of hydrogen-bond acceptors (Lipinski definition) is 8. The average molecular weight is 579 g/mol. The van der Waals surface area contributed by atoms with Crippen molar-refractivity contribution in [2.45, 2.75) is 37.8 Å². The highest BCUT2D eigenvalue weighted by Crippen LogP contribution is 2.60. The van der Waals surface area contributed by atoms with Crippen molar-refractivity contribution in [3.8, 4) is 51.7 Å². The Hall–Kier alpha value is -4.40. The summed E-state index contributed by atoms with van der Waals surface area (Å²) in [7, 11) is 5.90. The summed E-state index contributed by atoms with van der Waals surface area (Å²) in [6, 6.07) is 17.4. The molecule has 6 heterocycles. The van der Waals surface area contributed by atoms with E-state index in [4.69, 9.17) is 18.9 Å². The van der Waals surface area contributed by atoms with Gasteiger partial charge < -0.3 is 29.2 Å². The van der Waals surface area contributed by atoms with Crippen molar-refractivity contribution in [1.29, 1.82) is 0 Å². The van der Waals surface area contributed by atoms with Crippen LogP contribution in [0.4, 0.5) is 0 Å². The molecule has 0 spiro atoms. The number of phenolic OH excluding ortho intramolecular Hbond substituents is 2. The van der Waals surface area contributed by atoms with E-state index in [1.807, 2.05) is 30.3 Å². The van der Waals surface area contributed by atoms with E-state index in [1.54, 1.807) is 13.2 Å². The molecule has 0 saturated carbocycles. The van der Waals surface area contributed by atoms with Gasteiger partial charge in [0.2, 0.25) is 11.5 Å². The van der Waals surface area contributed by atoms with E-state index in [-0.39, 0.29) is 23.6 Å². The lowest BCUT2D eigenvalue weighted by atomic mass is 9.86. The summed E-state index contributed by atoms with van der Waals surface area (Å²) in [6.45, 7) is 1.71. The quantitative estimate of drug-likeness (QED) is 0.229. The first-order valence-electron chi connectivity index (χ1n) is 14.8. The third-order valence-corrected chi connectivity index (χ3v) is 9.53. The van der Waals surface area contributed by atoms with E-state index in [9.17, 15) is 10.2 Å². The number of nitrogens with zero attached hydrogens (tertiary/aromatic N) is 2. The molecule has 10 rings (SSSR count). The third kappa shape index (κ3) is 4.19. The molecule has 8 nitrogen and oxygen atoms in total. The molecule has 1 unspecified atom stereocenters. The van der Waals surface area contributed by atoms with E-state index >= 15 is 0 Å². The van der Waals surface area contributed by atoms with Crippen LogP contribution in [0.3, 0.4) is 0 Å². The molecule has 8 heteroatoms. The first-order valence-corrected chi connectivity index (χ1v) is 14.8. The molecular weight excluding hydrogens is 544 g/mol. The number of benzene rings is 4. The second-order valence-corrected chi connectivity index (χ2v) is 12.1. The maximum atomic E-state index is 11.3. The molecule has 10 bridgehead atoms. The van der Waals surface area contributed by atoms with Crippen molar-refractivity contribution in [1.82, 2.24) is 9.80 Å². The summed E-state index contributed by atoms with van der Waals surface area (Å²) in [4.78, 5) is 4.65. The van der Waals surface area contributed by atoms with Crippen LogP contribution < -0.4 is 18.9 Å². The first kappa shape index (κ1) is 26.2. The highest BCUT2D eigenvalue weighted by molar-refractivity contribution is 5.71. The monoisotopic (exact) mass is 578 g/mol. The molecule has 2 N–H and O–H groups in total. The van der Waals surface area contributed by atoms with Gasteiger partial charge in [-0.05, 0) is 98.4 Å². The Kier molecular flexibility index (Phi) is 6.00. The molecule has 0 saturated heterocycles. The average Bonchev–Trinajstić information content (AvgIpc) is 3.01. The zero-order valence-electron chi connectivity index (χ0n) is 24.5. The molecular formula is C35H34N2O6. The summed E-state index contributed by atoms with van der Waals surface area (Å²) in [6.07, 6.45) is 3.00. The topological polar surface area (TPSA) is 83.9 Å². The predicted octanol–water partition coefficient (Wildman–Crippen LogP) is 6.65. The van der Waals surface area contributed by atoms with E-state index in [1.165, 1.54) is 0 Å². The second kappa shape index (κ2) is 9.82. The number of phenols is 2. The van der Waals surface area contributed by atoms with Gasteiger partial charge in [0.05, 0.1) is 7.11 Å². The lowest BCUT2D eigenvalue weighted by molar-refractivity contribution is 0.211. The Morgan fingerprint density at radius 2 is 1.28 bits per heavy atom. The number of methoxy groups -OCH3 is 1. The molecule has 0 fully saturated rings. The summed E-state index contributed by atoms with van der Waals surface area (Å²) in [5.41, 5.74) is 6.39. The number of fused-ring (bicyclic) bond motifs is 1. The number of hydrogen-bond donors (Lipinski definition) is 2. The summed E-state index contributed by atoms with van der Waals surface area (Å²) >= 11 is 0. The Balaban J connectivity index is 1.38. The normalized spacial score (nSPS) is 20.4. The van der Waals surface area contributed by atoms with E-state index in [2.05, 4.69) is 42.1 Å². The van der Waals surface area contributed by atoms with Crippen LogP contribution in [-0.2, 0) is 25.7 Å². The fourth-order valence-electron chi connectivity index (χ4n) is 7.17. The van der Waals surface area contributed by atoms with Gasteiger partial charge in [0.15, 0.2) is 34.5 Å². The number of likely N-dealkylation sites (N-methyl/N-ethyl adjacent to an activating group) is 2. The van der Waals surface area contributed by atoms with Crippen LogP contribution in [0.1, 0.15) is 45.5 Å². The van der Waals surface area contributed by atoms with Crippen molar-refractivity contribution in [2.75, 3.05) is 34.3 Å². The number of rotatable bonds is 1. The molecule has 6 aliphatic rings. The molecule has 2 atom stereocenters. The smallest absolute Gasteiger partial charge is 0.212 e. The Bertz CT molecular complexity index is 1770. The molecule has 0 aliphatic carbocycles. The van der Waals surface area contributed by atoms with Crippen molar-refractivity contribution in [3.63, 3.8) is 0 Å². The van der Waals surface area contributed by atoms with Gasteiger partial charge in [-0.25, -0.2) is 0 Å². The SMILES string of the molecule is COc1cc2c3c4c1Oc1c(c(O)cc5c1[C@H](Cc1ccc(O)c(c1)Oc1ccc(cc1)CC3N(C)CC2)N(C)CC5)O4. The van der Waals surface area contributed by atoms with Crippen LogP contribution in [0.2, 0.25) is 0 Å². The van der Waals surface area contributed by atoms with Crippen molar-refractivity contribution in [2.24, 2.45) is 0 Å². The Morgan fingerprint density at radius 1 is 0.674 bits per heavy atom. The van der Waals surface area contributed by atoms with Crippen LogP contribution in [0, 0.1) is 0 Å². The fourth-order valence-corrected chi connectivity index (χ4v) is 7.17. The molecule has 0 aromatic heterocycles. The summed E-state index contributed by atoms with van der Waals surface area (Å²) in [5.74, 6) is 3.90. The summed E-state index contributed by atoms with van der Waals surface area (Å²) < 4.78 is 25.7. The van der Waals surface area contributed by atoms with Crippen molar-refractivity contribution in [3.05, 3.63) is 88.0 Å². The summed E-state index contributed by atoms with van der Waals surface area (Å²) in [5, 5.41) is 22.0. The van der Waals surface area contributed by atoms with Crippen molar-refractivity contribution >= 4 is 0 Å². The van der Waals surface area contributed by atoms with Crippen LogP contribution in [0.25, 0.3) is 0 Å². The Labute approximate surface area is 250 Å². The van der Waals surface area contributed by atoms with Gasteiger partial charge in [-0.1, -0.05) is 18.2 Å². The standard InChI is InChI=1S/C35H34N2O6/c1-36-13-11-22-18-29(40-3)33-35-31(22)24(36)14-19-4-7-23(8-5-19)41-28-16-20(6-9-26(28)38)15-25-30-21(10-12-37(25)2)17-27(39)32(42-35)34(30)43-33/h4-9,16-18,24-25,38-39H,10-15H2,1-3H3/t24?,25-/m0/s1. The highest BCUT2D eigenvalue weighted by Gasteiger charge is 2.40. The lowest BCUT2D eigenvalue weighted by Crippen LogP contribution is -2.35. The van der Waals surface area contributed by atoms with E-state index in [0.717, 1.165) is 65.7 Å². The number of aromatic hydroxyl groups is 2. The lowest BCUT2D eigenvalue weighted by Gasteiger charge is -2.40. The molecule has 0 amide bonds. The van der Waals surface area contributed by atoms with E-state index < -0.39 is 0 Å². The van der Waals surface area contributed by atoms with Crippen LogP contribution >= 0.6 is 0 Å². The van der Waals surface area contributed by atoms with Gasteiger partial charge in [0.25, 0.3) is 0 Å². The zero-order valence-corrected chi connectivity index (χ0v) is 24.5. The molecule has 4 aromatic rings. The molecule has 0 radical (unpaired) electrons.